The van der Waals surface area contributed by atoms with Crippen molar-refractivity contribution < 1.29 is 4.74 Å². The molecule has 0 amide bonds. The number of ether oxygens (including phenoxy) is 1. The molecule has 0 saturated carbocycles. The van der Waals surface area contributed by atoms with E-state index in [0.29, 0.717) is 6.10 Å². The van der Waals surface area contributed by atoms with Crippen molar-refractivity contribution >= 4 is 21.8 Å². The molecule has 0 radical (unpaired) electrons. The van der Waals surface area contributed by atoms with Gasteiger partial charge in [-0.1, -0.05) is 24.3 Å². The van der Waals surface area contributed by atoms with Crippen molar-refractivity contribution in [2.45, 2.75) is 13.0 Å². The molecule has 1 aliphatic heterocycles. The van der Waals surface area contributed by atoms with Gasteiger partial charge in [-0.2, -0.15) is 0 Å². The predicted octanol–water partition coefficient (Wildman–Crippen LogP) is 2.78. The van der Waals surface area contributed by atoms with Gasteiger partial charge in [-0.15, -0.1) is 0 Å². The molecule has 0 bridgehead atoms. The average molecular weight is 281 g/mol. The highest BCUT2D eigenvalue weighted by Crippen LogP contribution is 2.20. The number of fused-ring (bicyclic) bond motifs is 3. The van der Waals surface area contributed by atoms with E-state index in [1.165, 1.54) is 0 Å². The van der Waals surface area contributed by atoms with Crippen LogP contribution in [0.1, 0.15) is 6.92 Å². The number of nitrogens with zero attached hydrogens (tertiary/aromatic N) is 2. The van der Waals surface area contributed by atoms with E-state index < -0.39 is 0 Å². The molecule has 1 fully saturated rings. The first-order chi connectivity index (χ1) is 10.3. The standard InChI is InChI=1S/C12H8N2.C5H11NO/c1-3-9-5-6-10-4-2-8-14-12(10)11(9)13-7-1;1-5-4-6-2-3-7-5/h1-8H;5-6H,2-4H2,1H3. The minimum Gasteiger partial charge on any atom is -0.376 e. The fourth-order valence-corrected chi connectivity index (χ4v) is 2.38. The van der Waals surface area contributed by atoms with E-state index in [-0.39, 0.29) is 0 Å². The Labute approximate surface area is 124 Å². The van der Waals surface area contributed by atoms with Gasteiger partial charge in [-0.05, 0) is 19.1 Å². The highest BCUT2D eigenvalue weighted by Gasteiger charge is 2.04. The number of benzene rings is 1. The number of hydrogen-bond acceptors (Lipinski definition) is 4. The van der Waals surface area contributed by atoms with Crippen LogP contribution < -0.4 is 5.32 Å². The van der Waals surface area contributed by atoms with Crippen LogP contribution in [0.3, 0.4) is 0 Å². The van der Waals surface area contributed by atoms with Crippen LogP contribution in [0.15, 0.2) is 48.8 Å². The molecule has 0 aliphatic carbocycles. The number of hydrogen-bond donors (Lipinski definition) is 1. The Morgan fingerprint density at radius 2 is 1.62 bits per heavy atom. The van der Waals surface area contributed by atoms with Gasteiger partial charge < -0.3 is 10.1 Å². The van der Waals surface area contributed by atoms with Crippen LogP contribution in [0, 0.1) is 0 Å². The Morgan fingerprint density at radius 1 is 1.00 bits per heavy atom. The van der Waals surface area contributed by atoms with E-state index in [1.54, 1.807) is 12.4 Å². The van der Waals surface area contributed by atoms with Gasteiger partial charge in [0.25, 0.3) is 0 Å². The molecule has 1 N–H and O–H groups in total. The Bertz CT molecular complexity index is 668. The lowest BCUT2D eigenvalue weighted by atomic mass is 10.1. The Kier molecular flexibility index (Phi) is 4.38. The largest absolute Gasteiger partial charge is 0.376 e. The molecule has 1 aliphatic rings. The van der Waals surface area contributed by atoms with Gasteiger partial charge in [0.05, 0.1) is 23.7 Å². The molecular formula is C17H19N3O. The second kappa shape index (κ2) is 6.61. The summed E-state index contributed by atoms with van der Waals surface area (Å²) in [5, 5.41) is 5.48. The highest BCUT2D eigenvalue weighted by molar-refractivity contribution is 6.02. The molecule has 4 heteroatoms. The van der Waals surface area contributed by atoms with Crippen molar-refractivity contribution in [1.29, 1.82) is 0 Å². The van der Waals surface area contributed by atoms with Gasteiger partial charge in [0.15, 0.2) is 0 Å². The third-order valence-corrected chi connectivity index (χ3v) is 3.46. The zero-order valence-corrected chi connectivity index (χ0v) is 12.1. The molecule has 1 atom stereocenters. The van der Waals surface area contributed by atoms with Gasteiger partial charge in [0.1, 0.15) is 0 Å². The molecular weight excluding hydrogens is 262 g/mol. The third-order valence-electron chi connectivity index (χ3n) is 3.46. The highest BCUT2D eigenvalue weighted by atomic mass is 16.5. The lowest BCUT2D eigenvalue weighted by molar-refractivity contribution is 0.0410. The van der Waals surface area contributed by atoms with Crippen molar-refractivity contribution in [2.75, 3.05) is 19.7 Å². The quantitative estimate of drug-likeness (QED) is 0.644. The lowest BCUT2D eigenvalue weighted by Gasteiger charge is -2.18. The molecule has 4 nitrogen and oxygen atoms in total. The molecule has 1 aromatic carbocycles. The van der Waals surface area contributed by atoms with E-state index in [2.05, 4.69) is 46.5 Å². The van der Waals surface area contributed by atoms with Crippen LogP contribution in [-0.2, 0) is 4.74 Å². The van der Waals surface area contributed by atoms with E-state index in [4.69, 9.17) is 4.74 Å². The van der Waals surface area contributed by atoms with Gasteiger partial charge in [0.2, 0.25) is 0 Å². The van der Waals surface area contributed by atoms with Gasteiger partial charge in [-0.3, -0.25) is 9.97 Å². The molecule has 4 rings (SSSR count). The molecule has 108 valence electrons. The van der Waals surface area contributed by atoms with Crippen LogP contribution in [0.2, 0.25) is 0 Å². The Hall–Kier alpha value is -2.04. The molecule has 1 saturated heterocycles. The zero-order valence-electron chi connectivity index (χ0n) is 12.1. The van der Waals surface area contributed by atoms with Crippen molar-refractivity contribution in [1.82, 2.24) is 15.3 Å². The first-order valence-electron chi connectivity index (χ1n) is 7.25. The maximum atomic E-state index is 5.22. The summed E-state index contributed by atoms with van der Waals surface area (Å²) >= 11 is 0. The molecule has 21 heavy (non-hydrogen) atoms. The molecule has 0 spiro atoms. The van der Waals surface area contributed by atoms with Gasteiger partial charge in [-0.25, -0.2) is 0 Å². The Morgan fingerprint density at radius 3 is 2.05 bits per heavy atom. The summed E-state index contributed by atoms with van der Waals surface area (Å²) in [4.78, 5) is 8.69. The topological polar surface area (TPSA) is 47.0 Å². The summed E-state index contributed by atoms with van der Waals surface area (Å²) in [6.07, 6.45) is 4.03. The minimum absolute atomic E-state index is 0.425. The first kappa shape index (κ1) is 13.9. The van der Waals surface area contributed by atoms with Gasteiger partial charge >= 0.3 is 0 Å². The smallest absolute Gasteiger partial charge is 0.0964 e. The second-order valence-corrected chi connectivity index (χ2v) is 5.10. The van der Waals surface area contributed by atoms with Crippen LogP contribution in [0.5, 0.6) is 0 Å². The van der Waals surface area contributed by atoms with E-state index in [0.717, 1.165) is 41.5 Å². The number of pyridine rings is 2. The number of nitrogens with one attached hydrogen (secondary N) is 1. The summed E-state index contributed by atoms with van der Waals surface area (Å²) in [6, 6.07) is 12.1. The van der Waals surface area contributed by atoms with Crippen molar-refractivity contribution in [2.24, 2.45) is 0 Å². The minimum atomic E-state index is 0.425. The fourth-order valence-electron chi connectivity index (χ4n) is 2.38. The van der Waals surface area contributed by atoms with E-state index >= 15 is 0 Å². The van der Waals surface area contributed by atoms with Crippen LogP contribution in [-0.4, -0.2) is 35.8 Å². The second-order valence-electron chi connectivity index (χ2n) is 5.10. The average Bonchev–Trinajstić information content (AvgIpc) is 2.56. The molecule has 2 aromatic heterocycles. The normalized spacial score (nSPS) is 18.2. The molecule has 1 unspecified atom stereocenters. The maximum absolute atomic E-state index is 5.22. The van der Waals surface area contributed by atoms with Crippen LogP contribution in [0.25, 0.3) is 21.8 Å². The summed E-state index contributed by atoms with van der Waals surface area (Å²) in [5.41, 5.74) is 1.95. The fraction of sp³-hybridized carbons (Fsp3) is 0.294. The van der Waals surface area contributed by atoms with Crippen molar-refractivity contribution in [3.8, 4) is 0 Å². The first-order valence-corrected chi connectivity index (χ1v) is 7.25. The maximum Gasteiger partial charge on any atom is 0.0964 e. The SMILES string of the molecule is CC1CNCCO1.c1cnc2c(c1)ccc1cccnc12. The van der Waals surface area contributed by atoms with Crippen LogP contribution >= 0.6 is 0 Å². The zero-order chi connectivity index (χ0) is 14.5. The monoisotopic (exact) mass is 281 g/mol. The third kappa shape index (κ3) is 3.35. The predicted molar refractivity (Wildman–Crippen MR) is 85.3 cm³/mol. The van der Waals surface area contributed by atoms with E-state index in [9.17, 15) is 0 Å². The number of aromatic nitrogens is 2. The molecule has 3 heterocycles. The Balaban J connectivity index is 0.000000160. The summed E-state index contributed by atoms with van der Waals surface area (Å²) in [6.45, 7) is 4.98. The molecule has 3 aromatic rings. The summed E-state index contributed by atoms with van der Waals surface area (Å²) in [7, 11) is 0. The summed E-state index contributed by atoms with van der Waals surface area (Å²) in [5.74, 6) is 0. The van der Waals surface area contributed by atoms with Crippen molar-refractivity contribution in [3.63, 3.8) is 0 Å². The van der Waals surface area contributed by atoms with Crippen LogP contribution in [0.4, 0.5) is 0 Å². The number of morpholine rings is 1. The van der Waals surface area contributed by atoms with Crippen molar-refractivity contribution in [3.05, 3.63) is 48.8 Å². The summed E-state index contributed by atoms with van der Waals surface area (Å²) < 4.78 is 5.22. The lowest BCUT2D eigenvalue weighted by Crippen LogP contribution is -2.36. The van der Waals surface area contributed by atoms with E-state index in [1.807, 2.05) is 12.1 Å². The number of rotatable bonds is 0. The van der Waals surface area contributed by atoms with Gasteiger partial charge in [0, 0.05) is 36.3 Å².